The zero-order chi connectivity index (χ0) is 13.0. The first-order valence-electron chi connectivity index (χ1n) is 5.51. The first kappa shape index (κ1) is 12.1. The van der Waals surface area contributed by atoms with Gasteiger partial charge in [-0.1, -0.05) is 0 Å². The lowest BCUT2D eigenvalue weighted by Crippen LogP contribution is -2.13. The van der Waals surface area contributed by atoms with Gasteiger partial charge in [-0.3, -0.25) is 4.68 Å². The number of anilines is 3. The number of nitrogens with zero attached hydrogens (tertiary/aromatic N) is 4. The van der Waals surface area contributed by atoms with Crippen LogP contribution in [0.5, 0.6) is 0 Å². The quantitative estimate of drug-likeness (QED) is 0.424. The molecule has 0 aliphatic carbocycles. The fraction of sp³-hybridized carbons (Fsp3) is 0.300. The maximum Gasteiger partial charge on any atom is 0.223 e. The maximum atomic E-state index is 5.55. The molecule has 0 spiro atoms. The average molecular weight is 248 g/mol. The van der Waals surface area contributed by atoms with E-state index in [4.69, 9.17) is 11.6 Å². The number of nitrogen functional groups attached to an aromatic ring is 2. The zero-order valence-corrected chi connectivity index (χ0v) is 10.1. The van der Waals surface area contributed by atoms with Gasteiger partial charge < -0.3 is 16.5 Å². The Kier molecular flexibility index (Phi) is 3.58. The molecule has 2 heterocycles. The lowest BCUT2D eigenvalue weighted by Gasteiger charge is -2.08. The molecule has 0 bridgehead atoms. The summed E-state index contributed by atoms with van der Waals surface area (Å²) in [5, 5.41) is 7.26. The summed E-state index contributed by atoms with van der Waals surface area (Å²) in [6, 6.07) is 3.67. The molecule has 2 aromatic rings. The van der Waals surface area contributed by atoms with E-state index in [0.29, 0.717) is 11.6 Å². The van der Waals surface area contributed by atoms with E-state index in [1.807, 2.05) is 17.8 Å². The van der Waals surface area contributed by atoms with Crippen LogP contribution in [-0.2, 0) is 13.5 Å². The molecule has 6 N–H and O–H groups in total. The van der Waals surface area contributed by atoms with Gasteiger partial charge in [0.25, 0.3) is 0 Å². The van der Waals surface area contributed by atoms with Gasteiger partial charge in [0, 0.05) is 38.0 Å². The SMILES string of the molecule is Cn1nccc1CCNc1cc(NN)nc(N)n1. The van der Waals surface area contributed by atoms with Crippen molar-refractivity contribution in [2.24, 2.45) is 12.9 Å². The van der Waals surface area contributed by atoms with Crippen molar-refractivity contribution in [2.75, 3.05) is 23.0 Å². The second-order valence-corrected chi connectivity index (χ2v) is 3.76. The number of aryl methyl sites for hydroxylation is 1. The Bertz CT molecular complexity index is 520. The molecule has 0 aromatic carbocycles. The van der Waals surface area contributed by atoms with Crippen LogP contribution in [0, 0.1) is 0 Å². The average Bonchev–Trinajstić information content (AvgIpc) is 2.74. The Hall–Kier alpha value is -2.35. The molecule has 96 valence electrons. The molecule has 18 heavy (non-hydrogen) atoms. The second kappa shape index (κ2) is 5.32. The van der Waals surface area contributed by atoms with Gasteiger partial charge >= 0.3 is 0 Å². The van der Waals surface area contributed by atoms with Gasteiger partial charge in [0.1, 0.15) is 11.6 Å². The fourth-order valence-electron chi connectivity index (χ4n) is 1.60. The van der Waals surface area contributed by atoms with Crippen LogP contribution in [0.4, 0.5) is 17.6 Å². The summed E-state index contributed by atoms with van der Waals surface area (Å²) in [6.07, 6.45) is 2.61. The first-order valence-corrected chi connectivity index (χ1v) is 5.51. The summed E-state index contributed by atoms with van der Waals surface area (Å²) in [7, 11) is 1.91. The molecule has 0 fully saturated rings. The lowest BCUT2D eigenvalue weighted by atomic mass is 10.3. The summed E-state index contributed by atoms with van der Waals surface area (Å²) in [4.78, 5) is 7.96. The predicted octanol–water partition coefficient (Wildman–Crippen LogP) is -0.267. The molecule has 0 radical (unpaired) electrons. The van der Waals surface area contributed by atoms with E-state index in [1.54, 1.807) is 12.3 Å². The third-order valence-electron chi connectivity index (χ3n) is 2.50. The summed E-state index contributed by atoms with van der Waals surface area (Å²) in [5.41, 5.74) is 9.13. The highest BCUT2D eigenvalue weighted by Crippen LogP contribution is 2.11. The highest BCUT2D eigenvalue weighted by Gasteiger charge is 2.02. The van der Waals surface area contributed by atoms with Crippen LogP contribution >= 0.6 is 0 Å². The van der Waals surface area contributed by atoms with Gasteiger partial charge in [-0.2, -0.15) is 15.1 Å². The van der Waals surface area contributed by atoms with Gasteiger partial charge in [0.05, 0.1) is 0 Å². The van der Waals surface area contributed by atoms with E-state index in [0.717, 1.165) is 18.7 Å². The molecule has 0 amide bonds. The highest BCUT2D eigenvalue weighted by molar-refractivity contribution is 5.50. The Morgan fingerprint density at radius 3 is 2.78 bits per heavy atom. The summed E-state index contributed by atoms with van der Waals surface area (Å²) in [6.45, 7) is 0.722. The molecule has 0 aliphatic heterocycles. The Balaban J connectivity index is 1.94. The number of nitrogens with one attached hydrogen (secondary N) is 2. The minimum absolute atomic E-state index is 0.175. The zero-order valence-electron chi connectivity index (χ0n) is 10.1. The van der Waals surface area contributed by atoms with Crippen molar-refractivity contribution in [3.05, 3.63) is 24.0 Å². The van der Waals surface area contributed by atoms with Crippen LogP contribution in [0.3, 0.4) is 0 Å². The standard InChI is InChI=1S/C10H16N8/c1-18-7(3-5-14-18)2-4-13-8-6-9(17-12)16-10(11)15-8/h3,5-6H,2,4,12H2,1H3,(H4,11,13,15,16,17). The Morgan fingerprint density at radius 1 is 1.33 bits per heavy atom. The molecule has 2 rings (SSSR count). The Labute approximate surface area is 104 Å². The molecule has 0 aliphatic rings. The van der Waals surface area contributed by atoms with E-state index in [9.17, 15) is 0 Å². The van der Waals surface area contributed by atoms with Crippen molar-refractivity contribution < 1.29 is 0 Å². The number of hydrogen-bond acceptors (Lipinski definition) is 7. The van der Waals surface area contributed by atoms with Crippen molar-refractivity contribution in [3.63, 3.8) is 0 Å². The van der Waals surface area contributed by atoms with Gasteiger partial charge in [-0.15, -0.1) is 0 Å². The van der Waals surface area contributed by atoms with Gasteiger partial charge in [-0.25, -0.2) is 5.84 Å². The molecule has 0 saturated carbocycles. The van der Waals surface area contributed by atoms with Crippen LogP contribution in [0.25, 0.3) is 0 Å². The van der Waals surface area contributed by atoms with Crippen molar-refractivity contribution in [3.8, 4) is 0 Å². The van der Waals surface area contributed by atoms with Crippen LogP contribution in [-0.4, -0.2) is 26.3 Å². The Morgan fingerprint density at radius 2 is 2.11 bits per heavy atom. The van der Waals surface area contributed by atoms with Crippen molar-refractivity contribution in [1.29, 1.82) is 0 Å². The van der Waals surface area contributed by atoms with E-state index < -0.39 is 0 Å². The number of hydrogen-bond donors (Lipinski definition) is 4. The molecule has 8 nitrogen and oxygen atoms in total. The van der Waals surface area contributed by atoms with Crippen molar-refractivity contribution in [1.82, 2.24) is 19.7 Å². The number of rotatable bonds is 5. The molecular formula is C10H16N8. The predicted molar refractivity (Wildman–Crippen MR) is 69.7 cm³/mol. The molecule has 0 saturated heterocycles. The third-order valence-corrected chi connectivity index (χ3v) is 2.50. The van der Waals surface area contributed by atoms with E-state index in [-0.39, 0.29) is 5.95 Å². The smallest absolute Gasteiger partial charge is 0.223 e. The fourth-order valence-corrected chi connectivity index (χ4v) is 1.60. The van der Waals surface area contributed by atoms with Crippen LogP contribution in [0.1, 0.15) is 5.69 Å². The minimum atomic E-state index is 0.175. The maximum absolute atomic E-state index is 5.55. The number of nitrogens with two attached hydrogens (primary N) is 2. The summed E-state index contributed by atoms with van der Waals surface area (Å²) >= 11 is 0. The van der Waals surface area contributed by atoms with Gasteiger partial charge in [-0.05, 0) is 6.07 Å². The molecule has 2 aromatic heterocycles. The monoisotopic (exact) mass is 248 g/mol. The van der Waals surface area contributed by atoms with Gasteiger partial charge in [0.2, 0.25) is 5.95 Å². The summed E-state index contributed by atoms with van der Waals surface area (Å²) < 4.78 is 1.84. The van der Waals surface area contributed by atoms with Gasteiger partial charge in [0.15, 0.2) is 0 Å². The highest BCUT2D eigenvalue weighted by atomic mass is 15.3. The van der Waals surface area contributed by atoms with E-state index in [2.05, 4.69) is 25.8 Å². The molecule has 8 heteroatoms. The number of hydrazine groups is 1. The number of aromatic nitrogens is 4. The molecule has 0 atom stereocenters. The van der Waals surface area contributed by atoms with Crippen LogP contribution in [0.15, 0.2) is 18.3 Å². The second-order valence-electron chi connectivity index (χ2n) is 3.76. The topological polar surface area (TPSA) is 120 Å². The minimum Gasteiger partial charge on any atom is -0.369 e. The third kappa shape index (κ3) is 2.86. The molecule has 0 unspecified atom stereocenters. The lowest BCUT2D eigenvalue weighted by molar-refractivity contribution is 0.711. The van der Waals surface area contributed by atoms with E-state index >= 15 is 0 Å². The first-order chi connectivity index (χ1) is 8.69. The van der Waals surface area contributed by atoms with E-state index in [1.165, 1.54) is 0 Å². The normalized spacial score (nSPS) is 10.3. The van der Waals surface area contributed by atoms with Crippen LogP contribution < -0.4 is 22.3 Å². The largest absolute Gasteiger partial charge is 0.369 e. The summed E-state index contributed by atoms with van der Waals surface area (Å²) in [5.74, 6) is 6.57. The van der Waals surface area contributed by atoms with Crippen molar-refractivity contribution >= 4 is 17.6 Å². The molecular weight excluding hydrogens is 232 g/mol. The van der Waals surface area contributed by atoms with Crippen molar-refractivity contribution in [2.45, 2.75) is 6.42 Å². The van der Waals surface area contributed by atoms with Crippen LogP contribution in [0.2, 0.25) is 0 Å².